The Labute approximate surface area is 166 Å². The number of rotatable bonds is 3. The Morgan fingerprint density at radius 2 is 1.85 bits per heavy atom. The van der Waals surface area contributed by atoms with Crippen LogP contribution >= 0.6 is 23.2 Å². The zero-order chi connectivity index (χ0) is 18.8. The summed E-state index contributed by atoms with van der Waals surface area (Å²) in [6.45, 7) is 0.585. The standard InChI is InChI=1S/C19H16Cl2N4O2/c20-13-8-4-9-14(21)16(13)22-19(26)25-11-5-10-15(25)18-23-17(24-27-18)12-6-2-1-3-7-12/h1-4,6-9,15H,5,10-11H2,(H,22,26)/t15-/m0/s1. The van der Waals surface area contributed by atoms with Crippen molar-refractivity contribution >= 4 is 34.9 Å². The van der Waals surface area contributed by atoms with Crippen LogP contribution in [0.3, 0.4) is 0 Å². The highest BCUT2D eigenvalue weighted by Crippen LogP contribution is 2.34. The minimum absolute atomic E-state index is 0.281. The van der Waals surface area contributed by atoms with Crippen molar-refractivity contribution in [1.29, 1.82) is 0 Å². The predicted molar refractivity (Wildman–Crippen MR) is 104 cm³/mol. The van der Waals surface area contributed by atoms with Crippen molar-refractivity contribution in [2.24, 2.45) is 0 Å². The Balaban J connectivity index is 1.54. The molecule has 1 fully saturated rings. The maximum absolute atomic E-state index is 12.8. The molecule has 1 N–H and O–H groups in total. The molecule has 0 spiro atoms. The largest absolute Gasteiger partial charge is 0.337 e. The van der Waals surface area contributed by atoms with Crippen molar-refractivity contribution in [2.75, 3.05) is 11.9 Å². The van der Waals surface area contributed by atoms with E-state index in [9.17, 15) is 4.79 Å². The maximum atomic E-state index is 12.8. The number of likely N-dealkylation sites (tertiary alicyclic amines) is 1. The third kappa shape index (κ3) is 3.63. The lowest BCUT2D eigenvalue weighted by molar-refractivity contribution is 0.193. The number of hydrogen-bond acceptors (Lipinski definition) is 4. The molecular formula is C19H16Cl2N4O2. The molecule has 3 aromatic rings. The smallest absolute Gasteiger partial charge is 0.322 e. The second kappa shape index (κ2) is 7.58. The van der Waals surface area contributed by atoms with Crippen molar-refractivity contribution in [3.63, 3.8) is 0 Å². The number of hydrogen-bond donors (Lipinski definition) is 1. The summed E-state index contributed by atoms with van der Waals surface area (Å²) in [5.74, 6) is 0.929. The highest BCUT2D eigenvalue weighted by Gasteiger charge is 2.34. The van der Waals surface area contributed by atoms with Crippen molar-refractivity contribution in [1.82, 2.24) is 15.0 Å². The fraction of sp³-hybridized carbons (Fsp3) is 0.211. The van der Waals surface area contributed by atoms with Crippen LogP contribution in [0.1, 0.15) is 24.8 Å². The second-order valence-electron chi connectivity index (χ2n) is 6.20. The van der Waals surface area contributed by atoms with Gasteiger partial charge in [0, 0.05) is 12.1 Å². The molecule has 0 saturated carbocycles. The van der Waals surface area contributed by atoms with Gasteiger partial charge >= 0.3 is 6.03 Å². The average molecular weight is 403 g/mol. The minimum Gasteiger partial charge on any atom is -0.337 e. The van der Waals surface area contributed by atoms with Crippen LogP contribution in [0, 0.1) is 0 Å². The van der Waals surface area contributed by atoms with Gasteiger partial charge in [-0.25, -0.2) is 4.79 Å². The van der Waals surface area contributed by atoms with E-state index in [1.54, 1.807) is 23.1 Å². The lowest BCUT2D eigenvalue weighted by atomic mass is 10.2. The monoisotopic (exact) mass is 402 g/mol. The molecule has 0 bridgehead atoms. The van der Waals surface area contributed by atoms with Crippen molar-refractivity contribution in [3.05, 3.63) is 64.5 Å². The Morgan fingerprint density at radius 3 is 2.59 bits per heavy atom. The van der Waals surface area contributed by atoms with E-state index in [0.29, 0.717) is 34.0 Å². The van der Waals surface area contributed by atoms with E-state index in [0.717, 1.165) is 18.4 Å². The van der Waals surface area contributed by atoms with E-state index in [2.05, 4.69) is 15.5 Å². The van der Waals surface area contributed by atoms with Crippen LogP contribution in [-0.2, 0) is 0 Å². The van der Waals surface area contributed by atoms with E-state index >= 15 is 0 Å². The number of carbonyl (C=O) groups is 1. The van der Waals surface area contributed by atoms with E-state index in [1.165, 1.54) is 0 Å². The minimum atomic E-state index is -0.299. The van der Waals surface area contributed by atoms with Gasteiger partial charge in [-0.1, -0.05) is 64.8 Å². The van der Waals surface area contributed by atoms with Gasteiger partial charge in [0.25, 0.3) is 0 Å². The van der Waals surface area contributed by atoms with Crippen LogP contribution < -0.4 is 5.32 Å². The van der Waals surface area contributed by atoms with Crippen LogP contribution in [0.5, 0.6) is 0 Å². The highest BCUT2D eigenvalue weighted by molar-refractivity contribution is 6.39. The third-order valence-corrected chi connectivity index (χ3v) is 5.10. The van der Waals surface area contributed by atoms with Crippen molar-refractivity contribution in [2.45, 2.75) is 18.9 Å². The second-order valence-corrected chi connectivity index (χ2v) is 7.01. The molecule has 1 aliphatic rings. The van der Waals surface area contributed by atoms with Gasteiger partial charge in [-0.15, -0.1) is 0 Å². The van der Waals surface area contributed by atoms with Crippen LogP contribution in [0.2, 0.25) is 10.0 Å². The maximum Gasteiger partial charge on any atom is 0.322 e. The molecule has 0 radical (unpaired) electrons. The first-order chi connectivity index (χ1) is 13.1. The first kappa shape index (κ1) is 17.8. The number of anilines is 1. The van der Waals surface area contributed by atoms with E-state index in [1.807, 2.05) is 30.3 Å². The van der Waals surface area contributed by atoms with E-state index in [4.69, 9.17) is 27.7 Å². The molecule has 0 unspecified atom stereocenters. The molecular weight excluding hydrogens is 387 g/mol. The van der Waals surface area contributed by atoms with Crippen molar-refractivity contribution < 1.29 is 9.32 Å². The molecule has 2 amide bonds. The summed E-state index contributed by atoms with van der Waals surface area (Å²) >= 11 is 12.3. The Bertz CT molecular complexity index is 941. The molecule has 27 heavy (non-hydrogen) atoms. The molecule has 0 aliphatic carbocycles. The Kier molecular flexibility index (Phi) is 5.01. The number of nitrogens with zero attached hydrogens (tertiary/aromatic N) is 3. The number of urea groups is 1. The number of aromatic nitrogens is 2. The molecule has 1 aliphatic heterocycles. The molecule has 2 heterocycles. The van der Waals surface area contributed by atoms with Gasteiger partial charge in [-0.3, -0.25) is 0 Å². The Hall–Kier alpha value is -2.57. The normalized spacial score (nSPS) is 16.5. The number of amides is 2. The fourth-order valence-corrected chi connectivity index (χ4v) is 3.63. The first-order valence-electron chi connectivity index (χ1n) is 8.54. The Morgan fingerprint density at radius 1 is 1.11 bits per heavy atom. The van der Waals surface area contributed by atoms with E-state index < -0.39 is 0 Å². The number of nitrogens with one attached hydrogen (secondary N) is 1. The van der Waals surface area contributed by atoms with Crippen LogP contribution in [0.4, 0.5) is 10.5 Å². The number of benzene rings is 2. The summed E-state index contributed by atoms with van der Waals surface area (Å²) < 4.78 is 5.45. The molecule has 1 aromatic heterocycles. The summed E-state index contributed by atoms with van der Waals surface area (Å²) in [6.07, 6.45) is 1.59. The SMILES string of the molecule is O=C(Nc1c(Cl)cccc1Cl)N1CCC[C@H]1c1nc(-c2ccccc2)no1. The summed E-state index contributed by atoms with van der Waals surface area (Å²) in [5, 5.41) is 7.61. The average Bonchev–Trinajstić information content (AvgIpc) is 3.34. The van der Waals surface area contributed by atoms with Crippen molar-refractivity contribution in [3.8, 4) is 11.4 Å². The molecule has 138 valence electrons. The van der Waals surface area contributed by atoms with Gasteiger partial charge in [0.15, 0.2) is 0 Å². The van der Waals surface area contributed by atoms with Crippen LogP contribution in [0.25, 0.3) is 11.4 Å². The van der Waals surface area contributed by atoms with Gasteiger partial charge in [-0.2, -0.15) is 4.98 Å². The van der Waals surface area contributed by atoms with Crippen LogP contribution in [0.15, 0.2) is 53.1 Å². The topological polar surface area (TPSA) is 71.3 Å². The van der Waals surface area contributed by atoms with Gasteiger partial charge in [0.05, 0.1) is 15.7 Å². The zero-order valence-electron chi connectivity index (χ0n) is 14.2. The van der Waals surface area contributed by atoms with Gasteiger partial charge < -0.3 is 14.7 Å². The summed E-state index contributed by atoms with van der Waals surface area (Å²) in [5.41, 5.74) is 1.26. The summed E-state index contributed by atoms with van der Waals surface area (Å²) in [6, 6.07) is 14.1. The quantitative estimate of drug-likeness (QED) is 0.635. The zero-order valence-corrected chi connectivity index (χ0v) is 15.7. The number of halogens is 2. The first-order valence-corrected chi connectivity index (χ1v) is 9.30. The van der Waals surface area contributed by atoms with Gasteiger partial charge in [0.2, 0.25) is 11.7 Å². The highest BCUT2D eigenvalue weighted by atomic mass is 35.5. The molecule has 6 nitrogen and oxygen atoms in total. The molecule has 1 atom stereocenters. The predicted octanol–water partition coefficient (Wildman–Crippen LogP) is 5.41. The molecule has 4 rings (SSSR count). The van der Waals surface area contributed by atoms with Gasteiger partial charge in [0.1, 0.15) is 6.04 Å². The summed E-state index contributed by atoms with van der Waals surface area (Å²) in [4.78, 5) is 18.9. The lowest BCUT2D eigenvalue weighted by Crippen LogP contribution is -2.34. The third-order valence-electron chi connectivity index (χ3n) is 4.47. The summed E-state index contributed by atoms with van der Waals surface area (Å²) in [7, 11) is 0. The lowest BCUT2D eigenvalue weighted by Gasteiger charge is -2.22. The number of carbonyl (C=O) groups excluding carboxylic acids is 1. The van der Waals surface area contributed by atoms with Crippen LogP contribution in [-0.4, -0.2) is 27.6 Å². The molecule has 1 saturated heterocycles. The fourth-order valence-electron chi connectivity index (χ4n) is 3.14. The molecule has 8 heteroatoms. The van der Waals surface area contributed by atoms with E-state index in [-0.39, 0.29) is 12.1 Å². The van der Waals surface area contributed by atoms with Gasteiger partial charge in [-0.05, 0) is 25.0 Å². The number of para-hydroxylation sites is 1. The molecule has 2 aromatic carbocycles.